The number of hydrogen-bond donors (Lipinski definition) is 0. The van der Waals surface area contributed by atoms with Crippen molar-refractivity contribution in [2.45, 2.75) is 57.7 Å². The number of alkyl halides is 3. The first kappa shape index (κ1) is 23.0. The van der Waals surface area contributed by atoms with Crippen LogP contribution in [0.5, 0.6) is 5.75 Å². The standard InChI is InChI=1S/C27H29F3O/c1-2-3-4-21-5-7-22(8-6-21)9-10-23-11-13-24(14-12-23)15-16-25-17-19-26(20-18-25)31-27(28,29)30/h2,11-14,17-22H,1,3-10H2/t21-,22-. The molecule has 3 rings (SSSR count). The van der Waals surface area contributed by atoms with E-state index in [0.29, 0.717) is 5.56 Å². The summed E-state index contributed by atoms with van der Waals surface area (Å²) >= 11 is 0. The van der Waals surface area contributed by atoms with Crippen LogP contribution in [0.15, 0.2) is 61.2 Å². The smallest absolute Gasteiger partial charge is 0.406 e. The lowest BCUT2D eigenvalue weighted by Crippen LogP contribution is -2.16. The second-order valence-corrected chi connectivity index (χ2v) is 8.31. The molecule has 4 heteroatoms. The molecule has 0 N–H and O–H groups in total. The van der Waals surface area contributed by atoms with E-state index < -0.39 is 6.36 Å². The molecule has 0 radical (unpaired) electrons. The third-order valence-corrected chi connectivity index (χ3v) is 5.98. The van der Waals surface area contributed by atoms with Gasteiger partial charge < -0.3 is 4.74 Å². The minimum absolute atomic E-state index is 0.243. The Morgan fingerprint density at radius 2 is 1.35 bits per heavy atom. The first-order valence-corrected chi connectivity index (χ1v) is 11.0. The van der Waals surface area contributed by atoms with Crippen LogP contribution in [0.4, 0.5) is 13.2 Å². The van der Waals surface area contributed by atoms with E-state index in [-0.39, 0.29) is 5.75 Å². The fraction of sp³-hybridized carbons (Fsp3) is 0.407. The third-order valence-electron chi connectivity index (χ3n) is 5.98. The largest absolute Gasteiger partial charge is 0.573 e. The van der Waals surface area contributed by atoms with E-state index in [9.17, 15) is 13.2 Å². The molecule has 1 aliphatic rings. The highest BCUT2D eigenvalue weighted by atomic mass is 19.4. The zero-order chi connectivity index (χ0) is 22.1. The molecule has 0 spiro atoms. The molecule has 1 aliphatic carbocycles. The molecule has 2 aromatic rings. The molecule has 164 valence electrons. The maximum absolute atomic E-state index is 12.2. The molecule has 0 bridgehead atoms. The zero-order valence-electron chi connectivity index (χ0n) is 17.8. The molecule has 1 fully saturated rings. The average Bonchev–Trinajstić information content (AvgIpc) is 2.76. The number of ether oxygens (including phenoxy) is 1. The molecule has 0 saturated heterocycles. The Kier molecular flexibility index (Phi) is 8.23. The van der Waals surface area contributed by atoms with Gasteiger partial charge in [0.2, 0.25) is 0 Å². The van der Waals surface area contributed by atoms with Crippen molar-refractivity contribution in [3.63, 3.8) is 0 Å². The molecule has 0 atom stereocenters. The van der Waals surface area contributed by atoms with Gasteiger partial charge in [-0.1, -0.05) is 55.7 Å². The fourth-order valence-electron chi connectivity index (χ4n) is 4.17. The Bertz CT molecular complexity index is 877. The van der Waals surface area contributed by atoms with Crippen LogP contribution >= 0.6 is 0 Å². The van der Waals surface area contributed by atoms with Crippen LogP contribution in [0.2, 0.25) is 0 Å². The summed E-state index contributed by atoms with van der Waals surface area (Å²) in [6.45, 7) is 3.82. The van der Waals surface area contributed by atoms with Gasteiger partial charge in [0.25, 0.3) is 0 Å². The lowest BCUT2D eigenvalue weighted by atomic mass is 9.78. The molecule has 1 nitrogen and oxygen atoms in total. The Hall–Kier alpha value is -2.67. The van der Waals surface area contributed by atoms with Crippen LogP contribution in [0.3, 0.4) is 0 Å². The monoisotopic (exact) mass is 426 g/mol. The van der Waals surface area contributed by atoms with Gasteiger partial charge in [-0.25, -0.2) is 0 Å². The Labute approximate surface area is 183 Å². The van der Waals surface area contributed by atoms with Crippen molar-refractivity contribution in [1.29, 1.82) is 0 Å². The van der Waals surface area contributed by atoms with Crippen molar-refractivity contribution in [3.05, 3.63) is 77.9 Å². The predicted octanol–water partition coefficient (Wildman–Crippen LogP) is 7.69. The second-order valence-electron chi connectivity index (χ2n) is 8.31. The van der Waals surface area contributed by atoms with Crippen LogP contribution < -0.4 is 4.74 Å². The molecule has 0 heterocycles. The van der Waals surface area contributed by atoms with Gasteiger partial charge in [-0.2, -0.15) is 0 Å². The maximum Gasteiger partial charge on any atom is 0.573 e. The summed E-state index contributed by atoms with van der Waals surface area (Å²) in [5.74, 6) is 7.53. The highest BCUT2D eigenvalue weighted by Crippen LogP contribution is 2.34. The molecule has 0 unspecified atom stereocenters. The minimum Gasteiger partial charge on any atom is -0.406 e. The number of allylic oxidation sites excluding steroid dienone is 1. The highest BCUT2D eigenvalue weighted by Gasteiger charge is 2.30. The van der Waals surface area contributed by atoms with Crippen LogP contribution in [-0.4, -0.2) is 6.36 Å². The zero-order valence-corrected chi connectivity index (χ0v) is 17.8. The van der Waals surface area contributed by atoms with Crippen LogP contribution in [0.25, 0.3) is 0 Å². The summed E-state index contributed by atoms with van der Waals surface area (Å²) in [5.41, 5.74) is 2.86. The van der Waals surface area contributed by atoms with E-state index >= 15 is 0 Å². The van der Waals surface area contributed by atoms with Gasteiger partial charge in [0.15, 0.2) is 0 Å². The number of aryl methyl sites for hydroxylation is 1. The van der Waals surface area contributed by atoms with Crippen molar-refractivity contribution < 1.29 is 17.9 Å². The molecular weight excluding hydrogens is 397 g/mol. The summed E-state index contributed by atoms with van der Waals surface area (Å²) in [7, 11) is 0. The summed E-state index contributed by atoms with van der Waals surface area (Å²) < 4.78 is 40.5. The third kappa shape index (κ3) is 8.17. The Balaban J connectivity index is 1.45. The first-order valence-electron chi connectivity index (χ1n) is 11.0. The second kappa shape index (κ2) is 11.1. The summed E-state index contributed by atoms with van der Waals surface area (Å²) in [6.07, 6.45) is 7.53. The maximum atomic E-state index is 12.2. The first-order chi connectivity index (χ1) is 14.9. The molecule has 1 saturated carbocycles. The number of rotatable bonds is 7. The van der Waals surface area contributed by atoms with Crippen LogP contribution in [0, 0.1) is 23.7 Å². The normalized spacial score (nSPS) is 18.7. The summed E-state index contributed by atoms with van der Waals surface area (Å²) in [5, 5.41) is 0. The van der Waals surface area contributed by atoms with E-state index in [1.807, 2.05) is 18.2 Å². The summed E-state index contributed by atoms with van der Waals surface area (Å²) in [4.78, 5) is 0. The Morgan fingerprint density at radius 1 is 0.839 bits per heavy atom. The average molecular weight is 427 g/mol. The number of hydrogen-bond acceptors (Lipinski definition) is 1. The molecule has 0 aliphatic heterocycles. The van der Waals surface area contributed by atoms with Gasteiger partial charge in [0.05, 0.1) is 0 Å². The molecule has 0 aromatic heterocycles. The van der Waals surface area contributed by atoms with Gasteiger partial charge >= 0.3 is 6.36 Å². The highest BCUT2D eigenvalue weighted by molar-refractivity contribution is 5.44. The topological polar surface area (TPSA) is 9.23 Å². The van der Waals surface area contributed by atoms with E-state index in [1.54, 1.807) is 0 Å². The molecule has 31 heavy (non-hydrogen) atoms. The summed E-state index contributed by atoms with van der Waals surface area (Å²) in [6, 6.07) is 13.9. The number of benzene rings is 2. The van der Waals surface area contributed by atoms with Gasteiger partial charge in [0.1, 0.15) is 5.75 Å². The lowest BCUT2D eigenvalue weighted by Gasteiger charge is -2.28. The van der Waals surface area contributed by atoms with Crippen LogP contribution in [0.1, 0.15) is 61.6 Å². The van der Waals surface area contributed by atoms with Gasteiger partial charge in [-0.3, -0.25) is 0 Å². The molecular formula is C27H29F3O. The number of halogens is 3. The van der Waals surface area contributed by atoms with E-state index in [0.717, 1.165) is 30.2 Å². The molecule has 2 aromatic carbocycles. The van der Waals surface area contributed by atoms with Crippen LogP contribution in [-0.2, 0) is 6.42 Å². The van der Waals surface area contributed by atoms with Crippen molar-refractivity contribution in [1.82, 2.24) is 0 Å². The molecule has 0 amide bonds. The van der Waals surface area contributed by atoms with Gasteiger partial charge in [-0.05, 0) is 79.5 Å². The Morgan fingerprint density at radius 3 is 1.87 bits per heavy atom. The SMILES string of the molecule is C=CCC[C@H]1CC[C@H](CCc2ccc(C#Cc3ccc(OC(F)(F)F)cc3)cc2)CC1. The van der Waals surface area contributed by atoms with Crippen molar-refractivity contribution in [2.24, 2.45) is 11.8 Å². The fourth-order valence-corrected chi connectivity index (χ4v) is 4.17. The van der Waals surface area contributed by atoms with Crippen molar-refractivity contribution >= 4 is 0 Å². The van der Waals surface area contributed by atoms with Crippen molar-refractivity contribution in [3.8, 4) is 17.6 Å². The van der Waals surface area contributed by atoms with Crippen molar-refractivity contribution in [2.75, 3.05) is 0 Å². The van der Waals surface area contributed by atoms with Gasteiger partial charge in [0, 0.05) is 11.1 Å². The predicted molar refractivity (Wildman–Crippen MR) is 119 cm³/mol. The minimum atomic E-state index is -4.68. The van der Waals surface area contributed by atoms with E-state index in [2.05, 4.69) is 35.3 Å². The quantitative estimate of drug-likeness (QED) is 0.326. The van der Waals surface area contributed by atoms with Gasteiger partial charge in [-0.15, -0.1) is 19.8 Å². The lowest BCUT2D eigenvalue weighted by molar-refractivity contribution is -0.274. The van der Waals surface area contributed by atoms with E-state index in [1.165, 1.54) is 68.4 Å². The van der Waals surface area contributed by atoms with E-state index in [4.69, 9.17) is 0 Å².